The highest BCUT2D eigenvalue weighted by Gasteiger charge is 2.24. The number of H-pyrrole nitrogens is 1. The van der Waals surface area contributed by atoms with Gasteiger partial charge in [0, 0.05) is 17.5 Å². The van der Waals surface area contributed by atoms with E-state index in [1.54, 1.807) is 24.3 Å². The lowest BCUT2D eigenvalue weighted by molar-refractivity contribution is 0.102. The van der Waals surface area contributed by atoms with Crippen LogP contribution in [0.2, 0.25) is 0 Å². The van der Waals surface area contributed by atoms with Gasteiger partial charge in [0.2, 0.25) is 5.78 Å². The van der Waals surface area contributed by atoms with Crippen LogP contribution >= 0.6 is 0 Å². The van der Waals surface area contributed by atoms with Crippen molar-refractivity contribution in [3.63, 3.8) is 0 Å². The number of carbonyl (C=O) groups is 1. The number of halogens is 2. The zero-order chi connectivity index (χ0) is 15.0. The zero-order valence-corrected chi connectivity index (χ0v) is 11.0. The second-order valence-corrected chi connectivity index (χ2v) is 4.41. The monoisotopic (exact) mass is 288 g/mol. The van der Waals surface area contributed by atoms with Crippen molar-refractivity contribution in [1.82, 2.24) is 10.2 Å². The first-order valence-corrected chi connectivity index (χ1v) is 6.12. The minimum Gasteiger partial charge on any atom is -0.497 e. The highest BCUT2D eigenvalue weighted by molar-refractivity contribution is 6.15. The number of carbonyl (C=O) groups excluding carboxylic acids is 1. The maximum atomic E-state index is 14.0. The number of ether oxygens (including phenoxy) is 1. The molecular weight excluding hydrogens is 278 g/mol. The number of hydrogen-bond acceptors (Lipinski definition) is 3. The van der Waals surface area contributed by atoms with Crippen LogP contribution in [0.1, 0.15) is 16.1 Å². The summed E-state index contributed by atoms with van der Waals surface area (Å²) in [5.41, 5.74) is -0.0446. The van der Waals surface area contributed by atoms with E-state index in [1.165, 1.54) is 7.11 Å². The van der Waals surface area contributed by atoms with E-state index in [4.69, 9.17) is 4.74 Å². The first kappa shape index (κ1) is 13.2. The van der Waals surface area contributed by atoms with Crippen LogP contribution < -0.4 is 4.74 Å². The fraction of sp³-hybridized carbons (Fsp3) is 0.0667. The summed E-state index contributed by atoms with van der Waals surface area (Å²) in [6.07, 6.45) is 0. The van der Waals surface area contributed by atoms with Gasteiger partial charge in [0.1, 0.15) is 23.1 Å². The Morgan fingerprint density at radius 2 is 1.86 bits per heavy atom. The number of nitrogens with one attached hydrogen (secondary N) is 1. The summed E-state index contributed by atoms with van der Waals surface area (Å²) in [5, 5.41) is 7.03. The number of methoxy groups -OCH3 is 1. The van der Waals surface area contributed by atoms with E-state index in [9.17, 15) is 13.6 Å². The molecule has 1 N–H and O–H groups in total. The lowest BCUT2D eigenvalue weighted by atomic mass is 10.0. The summed E-state index contributed by atoms with van der Waals surface area (Å²) in [5.74, 6) is -2.77. The molecule has 0 aliphatic carbocycles. The summed E-state index contributed by atoms with van der Waals surface area (Å²) in [7, 11) is 1.29. The van der Waals surface area contributed by atoms with E-state index in [0.717, 1.165) is 12.1 Å². The van der Waals surface area contributed by atoms with Gasteiger partial charge in [0.25, 0.3) is 0 Å². The number of fused-ring (bicyclic) bond motifs is 1. The molecule has 0 fully saturated rings. The number of benzene rings is 2. The third-order valence-electron chi connectivity index (χ3n) is 3.16. The molecule has 2 aromatic carbocycles. The highest BCUT2D eigenvalue weighted by Crippen LogP contribution is 2.25. The molecule has 6 heteroatoms. The second-order valence-electron chi connectivity index (χ2n) is 4.41. The minimum absolute atomic E-state index is 0.00781. The zero-order valence-electron chi connectivity index (χ0n) is 11.0. The molecule has 0 aliphatic rings. The summed E-state index contributed by atoms with van der Waals surface area (Å²) in [6, 6.07) is 8.79. The minimum atomic E-state index is -0.982. The number of aromatic nitrogens is 2. The maximum Gasteiger partial charge on any atom is 0.219 e. The molecule has 0 saturated carbocycles. The molecule has 0 bridgehead atoms. The Morgan fingerprint density at radius 1 is 1.19 bits per heavy atom. The van der Waals surface area contributed by atoms with Crippen LogP contribution in [0.15, 0.2) is 36.4 Å². The van der Waals surface area contributed by atoms with E-state index in [0.29, 0.717) is 10.9 Å². The van der Waals surface area contributed by atoms with E-state index in [1.807, 2.05) is 0 Å². The fourth-order valence-electron chi connectivity index (χ4n) is 2.14. The summed E-state index contributed by atoms with van der Waals surface area (Å²) in [4.78, 5) is 12.4. The largest absolute Gasteiger partial charge is 0.497 e. The maximum absolute atomic E-state index is 14.0. The normalized spacial score (nSPS) is 10.8. The molecule has 106 valence electrons. The topological polar surface area (TPSA) is 55.0 Å². The van der Waals surface area contributed by atoms with Gasteiger partial charge in [0.05, 0.1) is 18.2 Å². The Balaban J connectivity index is 2.15. The Hall–Kier alpha value is -2.76. The van der Waals surface area contributed by atoms with Crippen molar-refractivity contribution < 1.29 is 18.3 Å². The molecule has 0 saturated heterocycles. The smallest absolute Gasteiger partial charge is 0.219 e. The van der Waals surface area contributed by atoms with Crippen LogP contribution in [-0.4, -0.2) is 23.1 Å². The summed E-state index contributed by atoms with van der Waals surface area (Å²) >= 11 is 0. The molecule has 1 aromatic heterocycles. The molecule has 0 spiro atoms. The van der Waals surface area contributed by atoms with Crippen molar-refractivity contribution in [2.75, 3.05) is 7.11 Å². The van der Waals surface area contributed by atoms with E-state index in [2.05, 4.69) is 10.2 Å². The van der Waals surface area contributed by atoms with Crippen molar-refractivity contribution in [1.29, 1.82) is 0 Å². The Morgan fingerprint density at radius 3 is 2.52 bits per heavy atom. The van der Waals surface area contributed by atoms with Crippen molar-refractivity contribution in [2.24, 2.45) is 0 Å². The standard InChI is InChI=1S/C15H10F2N2O2/c1-21-8-6-10(16)13(11(17)7-8)15(20)14-9-4-2-3-5-12(9)18-19-14/h2-7H,1H3,(H,18,19). The summed E-state index contributed by atoms with van der Waals surface area (Å²) < 4.78 is 32.7. The SMILES string of the molecule is COc1cc(F)c(C(=O)c2n[nH]c3ccccc23)c(F)c1. The van der Waals surface area contributed by atoms with Crippen molar-refractivity contribution in [3.05, 3.63) is 59.3 Å². The first-order valence-electron chi connectivity index (χ1n) is 6.12. The van der Waals surface area contributed by atoms with Crippen LogP contribution in [-0.2, 0) is 0 Å². The number of hydrogen-bond donors (Lipinski definition) is 1. The van der Waals surface area contributed by atoms with Gasteiger partial charge in [-0.05, 0) is 6.07 Å². The molecule has 21 heavy (non-hydrogen) atoms. The van der Waals surface area contributed by atoms with Crippen LogP contribution in [0.3, 0.4) is 0 Å². The van der Waals surface area contributed by atoms with Gasteiger partial charge < -0.3 is 4.74 Å². The molecule has 0 unspecified atom stereocenters. The molecule has 0 radical (unpaired) electrons. The quantitative estimate of drug-likeness (QED) is 0.753. The molecule has 0 amide bonds. The van der Waals surface area contributed by atoms with E-state index < -0.39 is 23.0 Å². The first-order chi connectivity index (χ1) is 10.1. The lowest BCUT2D eigenvalue weighted by Crippen LogP contribution is -2.09. The Kier molecular flexibility index (Phi) is 3.13. The molecule has 0 atom stereocenters. The van der Waals surface area contributed by atoms with E-state index >= 15 is 0 Å². The molecule has 4 nitrogen and oxygen atoms in total. The average Bonchev–Trinajstić information content (AvgIpc) is 2.90. The number of aromatic amines is 1. The van der Waals surface area contributed by atoms with Gasteiger partial charge in [-0.2, -0.15) is 5.10 Å². The van der Waals surface area contributed by atoms with Gasteiger partial charge in [-0.15, -0.1) is 0 Å². The van der Waals surface area contributed by atoms with Crippen LogP contribution in [0.4, 0.5) is 8.78 Å². The molecule has 3 aromatic rings. The van der Waals surface area contributed by atoms with Gasteiger partial charge >= 0.3 is 0 Å². The van der Waals surface area contributed by atoms with Crippen LogP contribution in [0.5, 0.6) is 5.75 Å². The second kappa shape index (κ2) is 4.97. The predicted molar refractivity (Wildman–Crippen MR) is 72.4 cm³/mol. The Labute approximate surface area is 118 Å². The molecular formula is C15H10F2N2O2. The number of rotatable bonds is 3. The highest BCUT2D eigenvalue weighted by atomic mass is 19.1. The van der Waals surface area contributed by atoms with E-state index in [-0.39, 0.29) is 11.4 Å². The van der Waals surface area contributed by atoms with Crippen LogP contribution in [0, 0.1) is 11.6 Å². The van der Waals surface area contributed by atoms with Crippen molar-refractivity contribution in [2.45, 2.75) is 0 Å². The third-order valence-corrected chi connectivity index (χ3v) is 3.16. The third kappa shape index (κ3) is 2.14. The van der Waals surface area contributed by atoms with Crippen LogP contribution in [0.25, 0.3) is 10.9 Å². The summed E-state index contributed by atoms with van der Waals surface area (Å²) in [6.45, 7) is 0. The molecule has 1 heterocycles. The van der Waals surface area contributed by atoms with Crippen molar-refractivity contribution in [3.8, 4) is 5.75 Å². The average molecular weight is 288 g/mol. The fourth-order valence-corrected chi connectivity index (χ4v) is 2.14. The predicted octanol–water partition coefficient (Wildman–Crippen LogP) is 3.08. The number of para-hydroxylation sites is 1. The lowest BCUT2D eigenvalue weighted by Gasteiger charge is -2.05. The van der Waals surface area contributed by atoms with Gasteiger partial charge in [0.15, 0.2) is 0 Å². The number of ketones is 1. The van der Waals surface area contributed by atoms with Gasteiger partial charge in [-0.3, -0.25) is 9.89 Å². The van der Waals surface area contributed by atoms with Gasteiger partial charge in [-0.25, -0.2) is 8.78 Å². The van der Waals surface area contributed by atoms with Crippen molar-refractivity contribution >= 4 is 16.7 Å². The Bertz CT molecular complexity index is 820. The number of nitrogens with zero attached hydrogens (tertiary/aromatic N) is 1. The van der Waals surface area contributed by atoms with Gasteiger partial charge in [-0.1, -0.05) is 18.2 Å². The molecule has 0 aliphatic heterocycles. The molecule has 3 rings (SSSR count).